The van der Waals surface area contributed by atoms with Crippen molar-refractivity contribution in [3.8, 4) is 5.88 Å². The van der Waals surface area contributed by atoms with Crippen molar-refractivity contribution in [2.24, 2.45) is 4.99 Å². The first-order valence-corrected chi connectivity index (χ1v) is 12.5. The van der Waals surface area contributed by atoms with Crippen LogP contribution in [-0.2, 0) is 9.53 Å². The number of alkyl halides is 1. The Kier molecular flexibility index (Phi) is 6.32. The zero-order valence-corrected chi connectivity index (χ0v) is 21.0. The number of likely N-dealkylation sites (N-methyl/N-ethyl adjacent to an activating group) is 1. The molecule has 2 fully saturated rings. The van der Waals surface area contributed by atoms with Crippen LogP contribution >= 0.6 is 0 Å². The number of likely N-dealkylation sites (tertiary alicyclic amines) is 1. The second-order valence-electron chi connectivity index (χ2n) is 9.60. The van der Waals surface area contributed by atoms with Crippen molar-refractivity contribution in [3.63, 3.8) is 0 Å². The quantitative estimate of drug-likeness (QED) is 0.584. The predicted octanol–water partition coefficient (Wildman–Crippen LogP) is 1.51. The molecule has 1 amide bonds. The molecule has 4 aliphatic rings. The molecule has 6 heterocycles. The number of nitrogens with zero attached hydrogens (tertiary/aromatic N) is 6. The van der Waals surface area contributed by atoms with Crippen LogP contribution in [-0.4, -0.2) is 101 Å². The molecule has 2 saturated heterocycles. The highest BCUT2D eigenvalue weighted by Crippen LogP contribution is 2.34. The smallest absolute Gasteiger partial charge is 0.250 e. The molecule has 0 aliphatic carbocycles. The maximum Gasteiger partial charge on any atom is 0.250 e. The van der Waals surface area contributed by atoms with Gasteiger partial charge in [0, 0.05) is 49.9 Å². The van der Waals surface area contributed by atoms with Gasteiger partial charge in [0.15, 0.2) is 11.7 Å². The largest absolute Gasteiger partial charge is 0.479 e. The Morgan fingerprint density at radius 2 is 2.16 bits per heavy atom. The number of piperidine rings is 1. The van der Waals surface area contributed by atoms with Gasteiger partial charge in [-0.05, 0) is 18.6 Å². The molecule has 2 N–H and O–H groups in total. The van der Waals surface area contributed by atoms with Crippen LogP contribution in [0.15, 0.2) is 47.1 Å². The lowest BCUT2D eigenvalue weighted by Crippen LogP contribution is -2.57. The molecular formula is C25H28F2N8O3. The number of rotatable bonds is 6. The third-order valence-corrected chi connectivity index (χ3v) is 7.27. The van der Waals surface area contributed by atoms with Crippen molar-refractivity contribution in [1.29, 1.82) is 0 Å². The molecule has 2 aromatic heterocycles. The average molecular weight is 527 g/mol. The van der Waals surface area contributed by atoms with Gasteiger partial charge in [-0.2, -0.15) is 4.98 Å². The minimum Gasteiger partial charge on any atom is -0.479 e. The van der Waals surface area contributed by atoms with E-state index in [9.17, 15) is 9.18 Å². The number of methoxy groups -OCH3 is 1. The Morgan fingerprint density at radius 3 is 2.87 bits per heavy atom. The molecule has 6 rings (SSSR count). The van der Waals surface area contributed by atoms with E-state index in [-0.39, 0.29) is 30.1 Å². The average Bonchev–Trinajstić information content (AvgIpc) is 3.32. The maximum atomic E-state index is 15.0. The monoisotopic (exact) mass is 526 g/mol. The third kappa shape index (κ3) is 4.31. The number of amides is 1. The Labute approximate surface area is 217 Å². The number of allylic oxidation sites excluding steroid dienone is 2. The molecule has 11 nitrogen and oxygen atoms in total. The standard InChI is InChI=1S/C25H28F2N8O3/c1-28-23(36)15-8-29-22-18(26)7-14(9-34(22)10-15)17-3-6-35-21(17)24(37-2)31-25(32-35)30-20-4-5-33(11-19(20)27)16-12-38-13-16/h3,6-9,16,19-20H,4-5,10-13H2,1-2H3,(H,28,36)(H,30,32)/t19-,20+/m1/s1. The van der Waals surface area contributed by atoms with E-state index < -0.39 is 18.0 Å². The number of amidine groups is 1. The first kappa shape index (κ1) is 24.5. The zero-order chi connectivity index (χ0) is 26.4. The number of fused-ring (bicyclic) bond motifs is 2. The van der Waals surface area contributed by atoms with E-state index in [1.54, 1.807) is 27.9 Å². The number of carbonyl (C=O) groups is 1. The summed E-state index contributed by atoms with van der Waals surface area (Å²) in [5.41, 5.74) is 2.13. The Morgan fingerprint density at radius 1 is 1.32 bits per heavy atom. The van der Waals surface area contributed by atoms with E-state index in [1.165, 1.54) is 26.4 Å². The van der Waals surface area contributed by atoms with Gasteiger partial charge in [-0.1, -0.05) is 0 Å². The van der Waals surface area contributed by atoms with Crippen molar-refractivity contribution >= 4 is 28.8 Å². The van der Waals surface area contributed by atoms with Crippen LogP contribution in [0.5, 0.6) is 5.88 Å². The lowest BCUT2D eigenvalue weighted by Gasteiger charge is -2.42. The van der Waals surface area contributed by atoms with E-state index in [0.717, 1.165) is 6.54 Å². The summed E-state index contributed by atoms with van der Waals surface area (Å²) in [5.74, 6) is -0.159. The molecular weight excluding hydrogens is 498 g/mol. The normalized spacial score (nSPS) is 24.1. The molecule has 2 atom stereocenters. The fraction of sp³-hybridized carbons (Fsp3) is 0.440. The number of hydrogen-bond acceptors (Lipinski definition) is 9. The van der Waals surface area contributed by atoms with E-state index in [2.05, 4.69) is 30.6 Å². The van der Waals surface area contributed by atoms with Crippen molar-refractivity contribution in [2.45, 2.75) is 24.7 Å². The van der Waals surface area contributed by atoms with Crippen LogP contribution in [0.3, 0.4) is 0 Å². The summed E-state index contributed by atoms with van der Waals surface area (Å²) >= 11 is 0. The van der Waals surface area contributed by atoms with Crippen LogP contribution in [0.4, 0.5) is 14.7 Å². The second-order valence-corrected chi connectivity index (χ2v) is 9.60. The summed E-state index contributed by atoms with van der Waals surface area (Å²) in [7, 11) is 3.02. The second kappa shape index (κ2) is 9.80. The first-order valence-electron chi connectivity index (χ1n) is 12.5. The summed E-state index contributed by atoms with van der Waals surface area (Å²) < 4.78 is 42.4. The Bertz CT molecular complexity index is 1400. The highest BCUT2D eigenvalue weighted by molar-refractivity contribution is 6.06. The van der Waals surface area contributed by atoms with Crippen molar-refractivity contribution in [2.75, 3.05) is 52.3 Å². The van der Waals surface area contributed by atoms with Crippen LogP contribution in [0, 0.1) is 0 Å². The number of ether oxygens (including phenoxy) is 2. The van der Waals surface area contributed by atoms with Gasteiger partial charge in [-0.25, -0.2) is 18.3 Å². The van der Waals surface area contributed by atoms with Crippen LogP contribution in [0.2, 0.25) is 0 Å². The fourth-order valence-electron chi connectivity index (χ4n) is 5.11. The van der Waals surface area contributed by atoms with Gasteiger partial charge >= 0.3 is 0 Å². The van der Waals surface area contributed by atoms with Gasteiger partial charge in [0.2, 0.25) is 17.7 Å². The van der Waals surface area contributed by atoms with Gasteiger partial charge in [0.1, 0.15) is 11.7 Å². The van der Waals surface area contributed by atoms with Crippen molar-refractivity contribution in [3.05, 3.63) is 47.7 Å². The minimum absolute atomic E-state index is 0.135. The maximum absolute atomic E-state index is 15.0. The molecule has 0 unspecified atom stereocenters. The summed E-state index contributed by atoms with van der Waals surface area (Å²) in [6, 6.07) is 1.65. The Hall–Kier alpha value is -3.84. The molecule has 200 valence electrons. The molecule has 2 aromatic rings. The van der Waals surface area contributed by atoms with E-state index in [4.69, 9.17) is 9.47 Å². The number of carbonyl (C=O) groups excluding carboxylic acids is 1. The molecule has 0 saturated carbocycles. The molecule has 13 heteroatoms. The number of nitrogens with one attached hydrogen (secondary N) is 2. The lowest BCUT2D eigenvalue weighted by molar-refractivity contribution is -0.117. The van der Waals surface area contributed by atoms with Gasteiger partial charge in [0.05, 0.1) is 44.5 Å². The number of hydrogen-bond donors (Lipinski definition) is 2. The van der Waals surface area contributed by atoms with Crippen LogP contribution in [0.25, 0.3) is 11.1 Å². The number of anilines is 1. The van der Waals surface area contributed by atoms with Gasteiger partial charge in [0.25, 0.3) is 0 Å². The van der Waals surface area contributed by atoms with Gasteiger partial charge in [-0.3, -0.25) is 9.69 Å². The predicted molar refractivity (Wildman–Crippen MR) is 136 cm³/mol. The number of aromatic nitrogens is 3. The van der Waals surface area contributed by atoms with Crippen molar-refractivity contribution < 1.29 is 23.0 Å². The third-order valence-electron chi connectivity index (χ3n) is 7.27. The molecule has 0 bridgehead atoms. The summed E-state index contributed by atoms with van der Waals surface area (Å²) in [6.45, 7) is 2.59. The molecule has 0 spiro atoms. The SMILES string of the molecule is CNC(=O)C1=CN=C2C(F)=CC(c3ccn4nc(N[C@H]5CCN(C6COC6)C[C@H]5F)nc(OC)c34)=CN2C1. The first-order chi connectivity index (χ1) is 18.4. The topological polar surface area (TPSA) is 109 Å². The summed E-state index contributed by atoms with van der Waals surface area (Å²) in [4.78, 5) is 24.4. The number of halogens is 2. The van der Waals surface area contributed by atoms with Crippen LogP contribution < -0.4 is 15.4 Å². The molecule has 4 aliphatic heterocycles. The molecule has 0 radical (unpaired) electrons. The zero-order valence-electron chi connectivity index (χ0n) is 21.0. The van der Waals surface area contributed by atoms with Crippen molar-refractivity contribution in [1.82, 2.24) is 29.7 Å². The Balaban J connectivity index is 1.25. The lowest BCUT2D eigenvalue weighted by atomic mass is 10.0. The summed E-state index contributed by atoms with van der Waals surface area (Å²) in [5, 5.41) is 10.2. The molecule has 0 aromatic carbocycles. The highest BCUT2D eigenvalue weighted by Gasteiger charge is 2.36. The van der Waals surface area contributed by atoms with Gasteiger partial charge in [-0.15, -0.1) is 5.10 Å². The fourth-order valence-corrected chi connectivity index (χ4v) is 5.11. The minimum atomic E-state index is -1.08. The van der Waals surface area contributed by atoms with Crippen LogP contribution in [0.1, 0.15) is 12.0 Å². The van der Waals surface area contributed by atoms with E-state index in [0.29, 0.717) is 54.4 Å². The summed E-state index contributed by atoms with van der Waals surface area (Å²) in [6.07, 6.45) is 5.74. The molecule has 38 heavy (non-hydrogen) atoms. The van der Waals surface area contributed by atoms with Gasteiger partial charge < -0.3 is 25.0 Å². The van der Waals surface area contributed by atoms with E-state index >= 15 is 4.39 Å². The van der Waals surface area contributed by atoms with E-state index in [1.807, 2.05) is 0 Å². The number of aliphatic imine (C=N–C) groups is 1. The highest BCUT2D eigenvalue weighted by atomic mass is 19.1.